The summed E-state index contributed by atoms with van der Waals surface area (Å²) in [4.78, 5) is 2.68. The van der Waals surface area contributed by atoms with Crippen LogP contribution in [0.1, 0.15) is 12.8 Å². The molecular formula is C17H23N. The second-order valence-electron chi connectivity index (χ2n) is 9.07. The third-order valence-corrected chi connectivity index (χ3v) is 9.39. The molecule has 0 spiro atoms. The summed E-state index contributed by atoms with van der Waals surface area (Å²) in [5.41, 5.74) is 0. The van der Waals surface area contributed by atoms with Crippen molar-refractivity contribution in [3.8, 4) is 0 Å². The molecule has 96 valence electrons. The zero-order chi connectivity index (χ0) is 11.3. The summed E-state index contributed by atoms with van der Waals surface area (Å²) < 4.78 is 0. The highest BCUT2D eigenvalue weighted by Crippen LogP contribution is 2.88. The summed E-state index contributed by atoms with van der Waals surface area (Å²) in [5.74, 6) is 14.7. The molecule has 0 amide bonds. The number of hydrogen-bond donors (Lipinski definition) is 0. The molecule has 1 aliphatic heterocycles. The van der Waals surface area contributed by atoms with Gasteiger partial charge in [0, 0.05) is 13.1 Å². The lowest BCUT2D eigenvalue weighted by atomic mass is 9.44. The van der Waals surface area contributed by atoms with Crippen molar-refractivity contribution >= 4 is 0 Å². The van der Waals surface area contributed by atoms with Crippen LogP contribution < -0.4 is 0 Å². The summed E-state index contributed by atoms with van der Waals surface area (Å²) in [7, 11) is 2.39. The average Bonchev–Trinajstić information content (AvgIpc) is 2.88. The van der Waals surface area contributed by atoms with Gasteiger partial charge in [-0.15, -0.1) is 0 Å². The molecule has 12 atom stereocenters. The molecule has 1 heterocycles. The van der Waals surface area contributed by atoms with E-state index in [0.29, 0.717) is 0 Å². The van der Waals surface area contributed by atoms with E-state index in [1.54, 1.807) is 12.8 Å². The van der Waals surface area contributed by atoms with E-state index in [2.05, 4.69) is 11.9 Å². The Kier molecular flexibility index (Phi) is 1.17. The van der Waals surface area contributed by atoms with Crippen LogP contribution >= 0.6 is 0 Å². The minimum absolute atomic E-state index is 1.15. The summed E-state index contributed by atoms with van der Waals surface area (Å²) >= 11 is 0. The van der Waals surface area contributed by atoms with Gasteiger partial charge in [-0.05, 0) is 90.9 Å². The maximum atomic E-state index is 2.68. The monoisotopic (exact) mass is 241 g/mol. The highest BCUT2D eigenvalue weighted by atomic mass is 15.1. The molecular weight excluding hydrogens is 218 g/mol. The van der Waals surface area contributed by atoms with Crippen molar-refractivity contribution in [2.45, 2.75) is 12.8 Å². The van der Waals surface area contributed by atoms with E-state index in [0.717, 1.165) is 11.8 Å². The Morgan fingerprint density at radius 2 is 0.944 bits per heavy atom. The number of hydrogen-bond acceptors (Lipinski definition) is 1. The standard InChI is InChI=1S/C17H23N/c1-18-4-8-9(5-18)15-11-7-3-2-6-10(11)14(8)16-12(6)13(7)17(15)16/h6-17H,2-5H2,1H3. The van der Waals surface area contributed by atoms with Crippen LogP contribution in [0, 0.1) is 71.0 Å². The fourth-order valence-electron chi connectivity index (χ4n) is 9.91. The fraction of sp³-hybridized carbons (Fsp3) is 1.00. The summed E-state index contributed by atoms with van der Waals surface area (Å²) in [6.07, 6.45) is 3.29. The van der Waals surface area contributed by atoms with Crippen molar-refractivity contribution in [1.82, 2.24) is 4.90 Å². The van der Waals surface area contributed by atoms with Gasteiger partial charge in [0.15, 0.2) is 0 Å². The summed E-state index contributed by atoms with van der Waals surface area (Å²) in [5, 5.41) is 0. The number of rotatable bonds is 0. The molecule has 12 unspecified atom stereocenters. The molecule has 8 aliphatic rings. The molecule has 4 bridgehead atoms. The van der Waals surface area contributed by atoms with Crippen molar-refractivity contribution in [3.63, 3.8) is 0 Å². The maximum absolute atomic E-state index is 2.68. The van der Waals surface area contributed by atoms with Crippen LogP contribution in [0.4, 0.5) is 0 Å². The van der Waals surface area contributed by atoms with Gasteiger partial charge >= 0.3 is 0 Å². The molecule has 7 saturated carbocycles. The van der Waals surface area contributed by atoms with E-state index in [-0.39, 0.29) is 0 Å². The van der Waals surface area contributed by atoms with Gasteiger partial charge in [0.2, 0.25) is 0 Å². The number of fused-ring (bicyclic) bond motifs is 1. The summed E-state index contributed by atoms with van der Waals surface area (Å²) in [6.45, 7) is 2.93. The Hall–Kier alpha value is -0.0400. The quantitative estimate of drug-likeness (QED) is 0.628. The van der Waals surface area contributed by atoms with Crippen molar-refractivity contribution < 1.29 is 0 Å². The Bertz CT molecular complexity index is 418. The minimum Gasteiger partial charge on any atom is -0.306 e. The molecule has 8 rings (SSSR count). The van der Waals surface area contributed by atoms with E-state index in [1.165, 1.54) is 72.3 Å². The zero-order valence-electron chi connectivity index (χ0n) is 11.2. The summed E-state index contributed by atoms with van der Waals surface area (Å²) in [6, 6.07) is 0. The molecule has 0 aromatic carbocycles. The van der Waals surface area contributed by atoms with Crippen LogP contribution in [0.15, 0.2) is 0 Å². The lowest BCUT2D eigenvalue weighted by Gasteiger charge is -2.60. The van der Waals surface area contributed by atoms with Gasteiger partial charge in [0.1, 0.15) is 0 Å². The highest BCUT2D eigenvalue weighted by molar-refractivity contribution is 5.32. The van der Waals surface area contributed by atoms with Crippen molar-refractivity contribution in [3.05, 3.63) is 0 Å². The van der Waals surface area contributed by atoms with Gasteiger partial charge in [0.25, 0.3) is 0 Å². The smallest absolute Gasteiger partial charge is 0.00128 e. The molecule has 1 saturated heterocycles. The Morgan fingerprint density at radius 1 is 0.556 bits per heavy atom. The molecule has 0 aromatic heterocycles. The molecule has 0 aromatic rings. The van der Waals surface area contributed by atoms with Crippen LogP contribution in [-0.2, 0) is 0 Å². The lowest BCUT2D eigenvalue weighted by molar-refractivity contribution is -0.127. The minimum atomic E-state index is 1.15. The largest absolute Gasteiger partial charge is 0.306 e. The topological polar surface area (TPSA) is 3.24 Å². The first-order chi connectivity index (χ1) is 8.86. The van der Waals surface area contributed by atoms with Gasteiger partial charge in [0.05, 0.1) is 0 Å². The van der Waals surface area contributed by atoms with Crippen LogP contribution in [0.3, 0.4) is 0 Å². The molecule has 1 nitrogen and oxygen atoms in total. The SMILES string of the molecule is CN1CC2C(C1)C1C3C4CCC5C3C2C2C5C4C12. The van der Waals surface area contributed by atoms with Gasteiger partial charge in [-0.3, -0.25) is 0 Å². The van der Waals surface area contributed by atoms with Crippen LogP contribution in [-0.4, -0.2) is 25.0 Å². The van der Waals surface area contributed by atoms with Gasteiger partial charge in [-0.25, -0.2) is 0 Å². The Morgan fingerprint density at radius 3 is 1.44 bits per heavy atom. The Labute approximate surface area is 109 Å². The fourth-order valence-corrected chi connectivity index (χ4v) is 9.91. The second-order valence-corrected chi connectivity index (χ2v) is 9.07. The second kappa shape index (κ2) is 2.34. The van der Waals surface area contributed by atoms with Crippen molar-refractivity contribution in [2.24, 2.45) is 71.0 Å². The molecule has 1 heteroatoms. The van der Waals surface area contributed by atoms with Crippen molar-refractivity contribution in [2.75, 3.05) is 20.1 Å². The lowest BCUT2D eigenvalue weighted by Crippen LogP contribution is -2.57. The maximum Gasteiger partial charge on any atom is 0.00128 e. The first kappa shape index (κ1) is 9.00. The molecule has 18 heavy (non-hydrogen) atoms. The third kappa shape index (κ3) is 0.603. The highest BCUT2D eigenvalue weighted by Gasteiger charge is 2.84. The van der Waals surface area contributed by atoms with E-state index >= 15 is 0 Å². The van der Waals surface area contributed by atoms with Crippen LogP contribution in [0.2, 0.25) is 0 Å². The first-order valence-corrected chi connectivity index (χ1v) is 8.55. The van der Waals surface area contributed by atoms with Gasteiger partial charge in [-0.2, -0.15) is 0 Å². The first-order valence-electron chi connectivity index (χ1n) is 8.55. The average molecular weight is 241 g/mol. The van der Waals surface area contributed by atoms with Crippen LogP contribution in [0.25, 0.3) is 0 Å². The van der Waals surface area contributed by atoms with E-state index in [9.17, 15) is 0 Å². The Balaban J connectivity index is 1.49. The van der Waals surface area contributed by atoms with E-state index < -0.39 is 0 Å². The molecule has 8 fully saturated rings. The van der Waals surface area contributed by atoms with Gasteiger partial charge < -0.3 is 4.90 Å². The predicted molar refractivity (Wildman–Crippen MR) is 68.6 cm³/mol. The van der Waals surface area contributed by atoms with Crippen LogP contribution in [0.5, 0.6) is 0 Å². The number of likely N-dealkylation sites (tertiary alicyclic amines) is 1. The third-order valence-electron chi connectivity index (χ3n) is 9.39. The van der Waals surface area contributed by atoms with Gasteiger partial charge in [-0.1, -0.05) is 0 Å². The predicted octanol–water partition coefficient (Wildman–Crippen LogP) is 2.19. The molecule has 7 aliphatic carbocycles. The molecule has 0 N–H and O–H groups in total. The molecule has 0 radical (unpaired) electrons. The normalized spacial score (nSPS) is 80.5. The number of nitrogens with zero attached hydrogens (tertiary/aromatic N) is 1. The zero-order valence-corrected chi connectivity index (χ0v) is 11.2. The van der Waals surface area contributed by atoms with E-state index in [4.69, 9.17) is 0 Å². The van der Waals surface area contributed by atoms with Crippen molar-refractivity contribution in [1.29, 1.82) is 0 Å². The van der Waals surface area contributed by atoms with E-state index in [1.807, 2.05) is 0 Å².